The number of hydrogen-bond donors (Lipinski definition) is 0. The van der Waals surface area contributed by atoms with Crippen molar-refractivity contribution in [1.82, 2.24) is 0 Å². The van der Waals surface area contributed by atoms with E-state index in [1.54, 1.807) is 6.07 Å². The molecule has 5 heteroatoms. The highest BCUT2D eigenvalue weighted by molar-refractivity contribution is 8.13. The lowest BCUT2D eigenvalue weighted by atomic mass is 10.1. The molecule has 96 valence electrons. The molecule has 1 aromatic carbocycles. The molecule has 17 heavy (non-hydrogen) atoms. The molecule has 0 atom stereocenters. The molecule has 0 aliphatic heterocycles. The lowest BCUT2D eigenvalue weighted by Crippen LogP contribution is -2.10. The normalized spacial score (nSPS) is 11.9. The average molecular weight is 277 g/mol. The molecule has 0 saturated heterocycles. The van der Waals surface area contributed by atoms with Crippen molar-refractivity contribution in [2.75, 3.05) is 0 Å². The number of halogens is 1. The third-order valence-electron chi connectivity index (χ3n) is 2.44. The zero-order valence-corrected chi connectivity index (χ0v) is 12.0. The van der Waals surface area contributed by atoms with E-state index in [0.29, 0.717) is 11.3 Å². The molecule has 0 spiro atoms. The maximum atomic E-state index is 11.1. The fraction of sp³-hybridized carbons (Fsp3) is 0.500. The fourth-order valence-electron chi connectivity index (χ4n) is 1.55. The molecular formula is C12H17ClO3S. The van der Waals surface area contributed by atoms with Crippen LogP contribution >= 0.6 is 10.7 Å². The standard InChI is InChI=1S/C12H17ClO3S/c1-8(2)16-12-10(4)9(3)5-6-11(12)7-17(13,14)15/h5-6,8H,7H2,1-4H3. The van der Waals surface area contributed by atoms with Crippen LogP contribution in [0.5, 0.6) is 5.75 Å². The van der Waals surface area contributed by atoms with Crippen molar-refractivity contribution < 1.29 is 13.2 Å². The number of aryl methyl sites for hydroxylation is 1. The summed E-state index contributed by atoms with van der Waals surface area (Å²) in [5, 5.41) is 0. The van der Waals surface area contributed by atoms with Crippen LogP contribution in [0.1, 0.15) is 30.5 Å². The first-order chi connectivity index (χ1) is 7.70. The van der Waals surface area contributed by atoms with E-state index in [9.17, 15) is 8.42 Å². The first-order valence-electron chi connectivity index (χ1n) is 5.39. The number of ether oxygens (including phenoxy) is 1. The predicted octanol–water partition coefficient (Wildman–Crippen LogP) is 3.16. The SMILES string of the molecule is Cc1ccc(CS(=O)(=O)Cl)c(OC(C)C)c1C. The lowest BCUT2D eigenvalue weighted by molar-refractivity contribution is 0.238. The molecule has 0 saturated carbocycles. The Morgan fingerprint density at radius 1 is 1.29 bits per heavy atom. The summed E-state index contributed by atoms with van der Waals surface area (Å²) in [5.74, 6) is 0.418. The highest BCUT2D eigenvalue weighted by Crippen LogP contribution is 2.29. The minimum Gasteiger partial charge on any atom is -0.490 e. The van der Waals surface area contributed by atoms with Crippen LogP contribution in [-0.2, 0) is 14.8 Å². The van der Waals surface area contributed by atoms with Gasteiger partial charge in [0.05, 0.1) is 11.9 Å². The molecule has 0 amide bonds. The number of benzene rings is 1. The molecule has 1 aromatic rings. The van der Waals surface area contributed by atoms with Gasteiger partial charge in [0.2, 0.25) is 9.05 Å². The summed E-state index contributed by atoms with van der Waals surface area (Å²) in [4.78, 5) is 0. The molecule has 0 fully saturated rings. The van der Waals surface area contributed by atoms with Crippen molar-refractivity contribution in [3.63, 3.8) is 0 Å². The smallest absolute Gasteiger partial charge is 0.236 e. The summed E-state index contributed by atoms with van der Waals surface area (Å²) < 4.78 is 28.0. The van der Waals surface area contributed by atoms with Crippen molar-refractivity contribution in [1.29, 1.82) is 0 Å². The summed E-state index contributed by atoms with van der Waals surface area (Å²) in [6, 6.07) is 3.62. The van der Waals surface area contributed by atoms with Crippen molar-refractivity contribution in [2.24, 2.45) is 0 Å². The van der Waals surface area contributed by atoms with Crippen LogP contribution in [0.25, 0.3) is 0 Å². The van der Waals surface area contributed by atoms with Crippen molar-refractivity contribution >= 4 is 19.7 Å². The summed E-state index contributed by atoms with van der Waals surface area (Å²) in [6.07, 6.45) is -0.00715. The third-order valence-corrected chi connectivity index (χ3v) is 3.42. The van der Waals surface area contributed by atoms with Gasteiger partial charge in [0.1, 0.15) is 5.75 Å². The first-order valence-corrected chi connectivity index (χ1v) is 7.86. The second kappa shape index (κ2) is 5.27. The van der Waals surface area contributed by atoms with E-state index in [1.807, 2.05) is 33.8 Å². The largest absolute Gasteiger partial charge is 0.490 e. The minimum absolute atomic E-state index is 0.00715. The summed E-state index contributed by atoms with van der Waals surface area (Å²) in [5.41, 5.74) is 2.63. The van der Waals surface area contributed by atoms with Gasteiger partial charge in [-0.2, -0.15) is 0 Å². The quantitative estimate of drug-likeness (QED) is 0.794. The first kappa shape index (κ1) is 14.3. The van der Waals surface area contributed by atoms with Gasteiger partial charge in [-0.25, -0.2) is 8.42 Å². The Labute approximate surface area is 107 Å². The molecule has 0 N–H and O–H groups in total. The molecule has 1 rings (SSSR count). The Morgan fingerprint density at radius 2 is 1.88 bits per heavy atom. The Bertz CT molecular complexity index is 507. The number of rotatable bonds is 4. The van der Waals surface area contributed by atoms with Gasteiger partial charge in [-0.1, -0.05) is 12.1 Å². The molecule has 0 heterocycles. The number of hydrogen-bond acceptors (Lipinski definition) is 3. The van der Waals surface area contributed by atoms with Crippen LogP contribution in [0, 0.1) is 13.8 Å². The van der Waals surface area contributed by atoms with E-state index in [0.717, 1.165) is 11.1 Å². The van der Waals surface area contributed by atoms with Gasteiger partial charge < -0.3 is 4.74 Å². The topological polar surface area (TPSA) is 43.4 Å². The van der Waals surface area contributed by atoms with E-state index in [-0.39, 0.29) is 11.9 Å². The molecule has 3 nitrogen and oxygen atoms in total. The molecule has 0 aliphatic carbocycles. The second-order valence-corrected chi connectivity index (χ2v) is 7.12. The highest BCUT2D eigenvalue weighted by atomic mass is 35.7. The molecule has 0 bridgehead atoms. The van der Waals surface area contributed by atoms with E-state index in [1.165, 1.54) is 0 Å². The highest BCUT2D eigenvalue weighted by Gasteiger charge is 2.16. The van der Waals surface area contributed by atoms with Gasteiger partial charge in [-0.3, -0.25) is 0 Å². The monoisotopic (exact) mass is 276 g/mol. The van der Waals surface area contributed by atoms with Crippen LogP contribution in [0.2, 0.25) is 0 Å². The Balaban J connectivity index is 3.25. The maximum Gasteiger partial charge on any atom is 0.236 e. The summed E-state index contributed by atoms with van der Waals surface area (Å²) in [7, 11) is 1.71. The average Bonchev–Trinajstić information content (AvgIpc) is 2.15. The van der Waals surface area contributed by atoms with Crippen LogP contribution in [0.4, 0.5) is 0 Å². The predicted molar refractivity (Wildman–Crippen MR) is 70.2 cm³/mol. The summed E-state index contributed by atoms with van der Waals surface area (Å²) >= 11 is 0. The molecule has 0 unspecified atom stereocenters. The summed E-state index contributed by atoms with van der Waals surface area (Å²) in [6.45, 7) is 7.68. The van der Waals surface area contributed by atoms with Crippen LogP contribution < -0.4 is 4.74 Å². The fourth-order valence-corrected chi connectivity index (χ4v) is 2.50. The molecular weight excluding hydrogens is 260 g/mol. The van der Waals surface area contributed by atoms with Gasteiger partial charge in [-0.05, 0) is 38.8 Å². The lowest BCUT2D eigenvalue weighted by Gasteiger charge is -2.17. The van der Waals surface area contributed by atoms with Gasteiger partial charge in [-0.15, -0.1) is 0 Å². The van der Waals surface area contributed by atoms with E-state index >= 15 is 0 Å². The maximum absolute atomic E-state index is 11.1. The van der Waals surface area contributed by atoms with Crippen LogP contribution in [0.15, 0.2) is 12.1 Å². The third kappa shape index (κ3) is 4.21. The van der Waals surface area contributed by atoms with E-state index in [2.05, 4.69) is 0 Å². The van der Waals surface area contributed by atoms with Crippen molar-refractivity contribution in [3.8, 4) is 5.75 Å². The molecule has 0 aromatic heterocycles. The zero-order valence-electron chi connectivity index (χ0n) is 10.5. The van der Waals surface area contributed by atoms with E-state index in [4.69, 9.17) is 15.4 Å². The molecule has 0 radical (unpaired) electrons. The Hall–Kier alpha value is -0.740. The van der Waals surface area contributed by atoms with Crippen molar-refractivity contribution in [3.05, 3.63) is 28.8 Å². The van der Waals surface area contributed by atoms with Gasteiger partial charge in [0, 0.05) is 16.2 Å². The Kier molecular flexibility index (Phi) is 4.44. The van der Waals surface area contributed by atoms with Crippen molar-refractivity contribution in [2.45, 2.75) is 39.6 Å². The minimum atomic E-state index is -3.57. The Morgan fingerprint density at radius 3 is 2.35 bits per heavy atom. The van der Waals surface area contributed by atoms with Gasteiger partial charge in [0.15, 0.2) is 0 Å². The van der Waals surface area contributed by atoms with E-state index < -0.39 is 9.05 Å². The van der Waals surface area contributed by atoms with Crippen LogP contribution in [-0.4, -0.2) is 14.5 Å². The van der Waals surface area contributed by atoms with Gasteiger partial charge in [0.25, 0.3) is 0 Å². The second-order valence-electron chi connectivity index (χ2n) is 4.35. The van der Waals surface area contributed by atoms with Crippen LogP contribution in [0.3, 0.4) is 0 Å². The zero-order chi connectivity index (χ0) is 13.2. The van der Waals surface area contributed by atoms with Gasteiger partial charge >= 0.3 is 0 Å². The molecule has 0 aliphatic rings.